The van der Waals surface area contributed by atoms with Crippen LogP contribution in [0.25, 0.3) is 21.5 Å². The fraction of sp³-hybridized carbons (Fsp3) is 0.0333. The molecule has 0 radical (unpaired) electrons. The van der Waals surface area contributed by atoms with Crippen molar-refractivity contribution in [3.05, 3.63) is 89.7 Å². The number of rotatable bonds is 10. The summed E-state index contributed by atoms with van der Waals surface area (Å²) >= 11 is 6.19. The van der Waals surface area contributed by atoms with Crippen molar-refractivity contribution in [3.63, 3.8) is 0 Å². The molecule has 0 aliphatic heterocycles. The Morgan fingerprint density at radius 2 is 1.33 bits per heavy atom. The first kappa shape index (κ1) is 36.4. The van der Waals surface area contributed by atoms with Crippen LogP contribution in [-0.2, 0) is 37.0 Å². The monoisotopic (exact) mass is 787 g/mol. The third kappa shape index (κ3) is 7.61. The summed E-state index contributed by atoms with van der Waals surface area (Å²) in [6.45, 7) is -0.618. The molecule has 18 nitrogen and oxygen atoms in total. The molecule has 1 heterocycles. The van der Waals surface area contributed by atoms with E-state index >= 15 is 0 Å². The summed E-state index contributed by atoms with van der Waals surface area (Å²) in [6, 6.07) is 18.2. The normalized spacial score (nSPS) is 12.5. The Labute approximate surface area is 298 Å². The van der Waals surface area contributed by atoms with E-state index in [1.54, 1.807) is 12.1 Å². The minimum Gasteiger partial charge on any atom is -0.505 e. The number of nitrogens with one attached hydrogen (secondary N) is 2. The molecule has 0 saturated carbocycles. The largest absolute Gasteiger partial charge is 0.505 e. The predicted molar refractivity (Wildman–Crippen MR) is 187 cm³/mol. The minimum absolute atomic E-state index is 0.0537. The highest BCUT2D eigenvalue weighted by Crippen LogP contribution is 2.46. The molecule has 7 N–H and O–H groups in total. The molecular weight excluding hydrogens is 766 g/mol. The third-order valence-electron chi connectivity index (χ3n) is 7.33. The van der Waals surface area contributed by atoms with Gasteiger partial charge < -0.3 is 20.8 Å². The van der Waals surface area contributed by atoms with Gasteiger partial charge in [-0.2, -0.15) is 40.2 Å². The van der Waals surface area contributed by atoms with Crippen LogP contribution in [0.4, 0.5) is 34.6 Å². The van der Waals surface area contributed by atoms with Crippen molar-refractivity contribution in [3.8, 4) is 5.75 Å². The van der Waals surface area contributed by atoms with E-state index < -0.39 is 68.8 Å². The van der Waals surface area contributed by atoms with E-state index in [4.69, 9.17) is 11.6 Å². The van der Waals surface area contributed by atoms with Gasteiger partial charge in [-0.1, -0.05) is 42.5 Å². The second-order valence-corrected chi connectivity index (χ2v) is 15.3. The molecule has 0 bridgehead atoms. The molecule has 5 aromatic carbocycles. The summed E-state index contributed by atoms with van der Waals surface area (Å²) in [4.78, 5) is 9.56. The molecule has 52 heavy (non-hydrogen) atoms. The number of halogens is 1. The number of nitrogens with zero attached hydrogens (tertiary/aromatic N) is 5. The van der Waals surface area contributed by atoms with Crippen molar-refractivity contribution in [1.29, 1.82) is 0 Å². The maximum atomic E-state index is 12.5. The van der Waals surface area contributed by atoms with Crippen molar-refractivity contribution in [2.45, 2.75) is 21.3 Å². The lowest BCUT2D eigenvalue weighted by Gasteiger charge is -2.15. The zero-order valence-electron chi connectivity index (χ0n) is 25.7. The topological polar surface area (TPSA) is 291 Å². The lowest BCUT2D eigenvalue weighted by atomic mass is 10.1. The Hall–Kier alpha value is -5.39. The predicted octanol–water partition coefficient (Wildman–Crippen LogP) is 5.67. The number of phenols is 1. The summed E-state index contributed by atoms with van der Waals surface area (Å²) < 4.78 is 103. The van der Waals surface area contributed by atoms with Gasteiger partial charge in [-0.25, -0.2) is 0 Å². The zero-order valence-corrected chi connectivity index (χ0v) is 28.9. The number of aliphatic hydroxyl groups excluding tert-OH is 1. The summed E-state index contributed by atoms with van der Waals surface area (Å²) in [5.41, 5.74) is -1.26. The molecular formula is C30H22ClN7O11S3. The highest BCUT2D eigenvalue weighted by molar-refractivity contribution is 7.86. The molecule has 22 heteroatoms. The average Bonchev–Trinajstić information content (AvgIpc) is 3.06. The van der Waals surface area contributed by atoms with Gasteiger partial charge in [0.1, 0.15) is 21.2 Å². The number of fused-ring (bicyclic) bond motifs is 2. The van der Waals surface area contributed by atoms with Crippen molar-refractivity contribution >= 4 is 98.1 Å². The van der Waals surface area contributed by atoms with Crippen LogP contribution in [0.3, 0.4) is 0 Å². The standard InChI is InChI=1S/C30H22ClN7O11S3/c31-28-34-29(32-20-7-3-5-16-4-1-2-6-19(16)20)36-30(35-28)33-22-13-18(50(41,42)43)11-17-12-24(52(47,48)49)26(27(40)25(17)22)38-37-21-9-8-15(14-39)10-23(21)51(44,45)46/h1-13,39-40H,14H2,(H,41,42,43)(H,44,45,46)(H,47,48,49)(H2,32,33,34,35,36)/b38-37+. The third-order valence-corrected chi connectivity index (χ3v) is 10.1. The Bertz CT molecular complexity index is 2800. The molecule has 0 fully saturated rings. The Balaban J connectivity index is 1.53. The number of benzene rings is 5. The molecule has 268 valence electrons. The Kier molecular flexibility index (Phi) is 9.54. The van der Waals surface area contributed by atoms with Gasteiger partial charge in [-0.15, -0.1) is 10.2 Å². The second-order valence-electron chi connectivity index (χ2n) is 10.8. The Morgan fingerprint density at radius 1 is 0.673 bits per heavy atom. The smallest absolute Gasteiger partial charge is 0.296 e. The number of hydrogen-bond acceptors (Lipinski definition) is 15. The van der Waals surface area contributed by atoms with Crippen LogP contribution in [0.5, 0.6) is 5.75 Å². The maximum Gasteiger partial charge on any atom is 0.296 e. The van der Waals surface area contributed by atoms with Crippen LogP contribution < -0.4 is 10.6 Å². The number of azo groups is 1. The maximum absolute atomic E-state index is 12.5. The molecule has 0 aliphatic carbocycles. The van der Waals surface area contributed by atoms with Gasteiger partial charge in [0.2, 0.25) is 17.2 Å². The second kappa shape index (κ2) is 13.6. The van der Waals surface area contributed by atoms with Crippen molar-refractivity contribution in [2.24, 2.45) is 10.2 Å². The minimum atomic E-state index is -5.28. The number of aromatic hydroxyl groups is 1. The van der Waals surface area contributed by atoms with Crippen LogP contribution in [0.1, 0.15) is 5.56 Å². The van der Waals surface area contributed by atoms with Gasteiger partial charge in [0.25, 0.3) is 30.4 Å². The Morgan fingerprint density at radius 3 is 1.98 bits per heavy atom. The molecule has 0 spiro atoms. The summed E-state index contributed by atoms with van der Waals surface area (Å²) in [5.74, 6) is -1.46. The van der Waals surface area contributed by atoms with Gasteiger partial charge in [0.15, 0.2) is 5.75 Å². The van der Waals surface area contributed by atoms with Crippen LogP contribution in [0.2, 0.25) is 5.28 Å². The number of phenolic OH excluding ortho intramolecular Hbond substituents is 1. The SMILES string of the molecule is O=S(=O)(O)c1cc(Nc2nc(Cl)nc(Nc3cccc4ccccc34)n2)c2c(O)c(/N=N/c3ccc(CO)cc3S(=O)(=O)O)c(S(=O)(=O)O)cc2c1. The quantitative estimate of drug-likeness (QED) is 0.0650. The van der Waals surface area contributed by atoms with E-state index in [1.807, 2.05) is 30.3 Å². The van der Waals surface area contributed by atoms with Gasteiger partial charge in [0, 0.05) is 16.5 Å². The number of hydrogen-bond donors (Lipinski definition) is 7. The highest BCUT2D eigenvalue weighted by Gasteiger charge is 2.26. The molecule has 0 saturated heterocycles. The fourth-order valence-corrected chi connectivity index (χ4v) is 7.12. The van der Waals surface area contributed by atoms with Gasteiger partial charge in [-0.05, 0) is 64.3 Å². The molecule has 0 aliphatic rings. The molecule has 0 atom stereocenters. The van der Waals surface area contributed by atoms with Crippen molar-refractivity contribution < 1.29 is 49.1 Å². The summed E-state index contributed by atoms with van der Waals surface area (Å²) in [6.07, 6.45) is 0. The van der Waals surface area contributed by atoms with Gasteiger partial charge in [0.05, 0.1) is 17.2 Å². The van der Waals surface area contributed by atoms with Gasteiger partial charge >= 0.3 is 0 Å². The lowest BCUT2D eigenvalue weighted by molar-refractivity contribution is 0.281. The van der Waals surface area contributed by atoms with Crippen LogP contribution in [0.15, 0.2) is 104 Å². The number of aliphatic hydroxyl groups is 1. The average molecular weight is 788 g/mol. The molecule has 0 amide bonds. The van der Waals surface area contributed by atoms with E-state index in [9.17, 15) is 49.1 Å². The first-order valence-corrected chi connectivity index (χ1v) is 19.0. The van der Waals surface area contributed by atoms with Crippen molar-refractivity contribution in [1.82, 2.24) is 15.0 Å². The first-order valence-electron chi connectivity index (χ1n) is 14.3. The molecule has 1 aromatic heterocycles. The number of anilines is 4. The van der Waals surface area contributed by atoms with E-state index in [1.165, 1.54) is 6.07 Å². The highest BCUT2D eigenvalue weighted by atomic mass is 35.5. The molecule has 6 aromatic rings. The van der Waals surface area contributed by atoms with E-state index in [2.05, 4.69) is 35.8 Å². The lowest BCUT2D eigenvalue weighted by Crippen LogP contribution is -2.06. The zero-order chi connectivity index (χ0) is 37.6. The molecule has 6 rings (SSSR count). The summed E-state index contributed by atoms with van der Waals surface area (Å²) in [5, 5.41) is 34.5. The van der Waals surface area contributed by atoms with Gasteiger partial charge in [-0.3, -0.25) is 13.7 Å². The van der Waals surface area contributed by atoms with Crippen LogP contribution in [-0.4, -0.2) is 64.1 Å². The van der Waals surface area contributed by atoms with E-state index in [-0.39, 0.29) is 39.2 Å². The first-order chi connectivity index (χ1) is 24.4. The van der Waals surface area contributed by atoms with Crippen molar-refractivity contribution in [2.75, 3.05) is 10.6 Å². The van der Waals surface area contributed by atoms with E-state index in [0.29, 0.717) is 11.8 Å². The summed E-state index contributed by atoms with van der Waals surface area (Å²) in [7, 11) is -15.3. The van der Waals surface area contributed by atoms with Crippen LogP contribution >= 0.6 is 11.6 Å². The van der Waals surface area contributed by atoms with E-state index in [0.717, 1.165) is 35.0 Å². The fourth-order valence-electron chi connectivity index (χ4n) is 5.09. The molecule has 0 unspecified atom stereocenters. The van der Waals surface area contributed by atoms with Crippen LogP contribution in [0, 0.1) is 0 Å². The number of aromatic nitrogens is 3.